The first-order chi connectivity index (χ1) is 15.6. The summed E-state index contributed by atoms with van der Waals surface area (Å²) in [5.41, 5.74) is 6.96. The Kier molecular flexibility index (Phi) is 4.92. The van der Waals surface area contributed by atoms with Gasteiger partial charge in [0, 0.05) is 46.5 Å². The Hall–Kier alpha value is -4.37. The lowest BCUT2D eigenvalue weighted by atomic mass is 10.0. The molecule has 1 saturated carbocycles. The molecule has 6 nitrogen and oxygen atoms in total. The molecule has 0 amide bonds. The van der Waals surface area contributed by atoms with Crippen LogP contribution in [0.15, 0.2) is 79.9 Å². The largest absolute Gasteiger partial charge is 0.359 e. The Morgan fingerprint density at radius 2 is 1.91 bits per heavy atom. The second kappa shape index (κ2) is 8.05. The van der Waals surface area contributed by atoms with Gasteiger partial charge in [-0.1, -0.05) is 25.3 Å². The molecular formula is C26H22N6. The van der Waals surface area contributed by atoms with Gasteiger partial charge in [-0.05, 0) is 54.7 Å². The number of nitrogens with one attached hydrogen (secondary N) is 3. The first-order valence-electron chi connectivity index (χ1n) is 10.5. The van der Waals surface area contributed by atoms with E-state index in [1.165, 1.54) is 12.8 Å². The van der Waals surface area contributed by atoms with E-state index in [9.17, 15) is 0 Å². The Morgan fingerprint density at radius 3 is 2.72 bits per heavy atom. The van der Waals surface area contributed by atoms with Crippen LogP contribution in [0, 0.1) is 17.2 Å². The topological polar surface area (TPSA) is 89.4 Å². The molecule has 6 heteroatoms. The maximum Gasteiger partial charge on any atom is 0.141 e. The SMILES string of the molecule is C=C(Nc1cccc2c(-c3ccnc(NC(=C)C4CC4)c3)c[nH]c12)c1ccnc(C#N)c1. The number of hydrogen-bond acceptors (Lipinski definition) is 5. The number of nitriles is 1. The summed E-state index contributed by atoms with van der Waals surface area (Å²) < 4.78 is 0. The molecule has 1 aromatic carbocycles. The number of aromatic nitrogens is 3. The monoisotopic (exact) mass is 418 g/mol. The van der Waals surface area contributed by atoms with Gasteiger partial charge in [0.15, 0.2) is 0 Å². The van der Waals surface area contributed by atoms with E-state index < -0.39 is 0 Å². The zero-order chi connectivity index (χ0) is 22.1. The van der Waals surface area contributed by atoms with Gasteiger partial charge in [0.1, 0.15) is 17.6 Å². The average Bonchev–Trinajstić information content (AvgIpc) is 3.58. The summed E-state index contributed by atoms with van der Waals surface area (Å²) in [5.74, 6) is 1.38. The Labute approximate surface area is 186 Å². The third-order valence-electron chi connectivity index (χ3n) is 5.65. The molecule has 32 heavy (non-hydrogen) atoms. The van der Waals surface area contributed by atoms with E-state index in [2.05, 4.69) is 56.9 Å². The van der Waals surface area contributed by atoms with Crippen molar-refractivity contribution in [3.63, 3.8) is 0 Å². The van der Waals surface area contributed by atoms with Gasteiger partial charge in [0.25, 0.3) is 0 Å². The first-order valence-corrected chi connectivity index (χ1v) is 10.5. The van der Waals surface area contributed by atoms with Crippen LogP contribution in [0.2, 0.25) is 0 Å². The van der Waals surface area contributed by atoms with E-state index in [1.54, 1.807) is 12.3 Å². The van der Waals surface area contributed by atoms with Crippen LogP contribution >= 0.6 is 0 Å². The molecule has 3 heterocycles. The van der Waals surface area contributed by atoms with Gasteiger partial charge in [0.2, 0.25) is 0 Å². The predicted octanol–water partition coefficient (Wildman–Crippen LogP) is 5.91. The molecule has 5 rings (SSSR count). The fraction of sp³-hybridized carbons (Fsp3) is 0.115. The van der Waals surface area contributed by atoms with Crippen molar-refractivity contribution in [3.8, 4) is 17.2 Å². The van der Waals surface area contributed by atoms with Crippen LogP contribution in [-0.4, -0.2) is 15.0 Å². The summed E-state index contributed by atoms with van der Waals surface area (Å²) in [6, 6.07) is 15.8. The van der Waals surface area contributed by atoms with Crippen molar-refractivity contribution >= 4 is 28.1 Å². The molecule has 1 aliphatic carbocycles. The Balaban J connectivity index is 1.44. The van der Waals surface area contributed by atoms with Crippen LogP contribution in [0.5, 0.6) is 0 Å². The van der Waals surface area contributed by atoms with Crippen LogP contribution < -0.4 is 10.6 Å². The minimum Gasteiger partial charge on any atom is -0.359 e. The first kappa shape index (κ1) is 19.6. The summed E-state index contributed by atoms with van der Waals surface area (Å²) in [4.78, 5) is 11.9. The van der Waals surface area contributed by atoms with Gasteiger partial charge in [0.05, 0.1) is 11.2 Å². The average molecular weight is 419 g/mol. The summed E-state index contributed by atoms with van der Waals surface area (Å²) in [7, 11) is 0. The van der Waals surface area contributed by atoms with Gasteiger partial charge in [-0.3, -0.25) is 0 Å². The lowest BCUT2D eigenvalue weighted by Crippen LogP contribution is -2.01. The normalized spacial score (nSPS) is 12.8. The number of para-hydroxylation sites is 1. The van der Waals surface area contributed by atoms with Crippen LogP contribution in [-0.2, 0) is 0 Å². The quantitative estimate of drug-likeness (QED) is 0.347. The molecule has 3 N–H and O–H groups in total. The van der Waals surface area contributed by atoms with Crippen LogP contribution in [0.4, 0.5) is 11.5 Å². The summed E-state index contributed by atoms with van der Waals surface area (Å²) in [5, 5.41) is 16.9. The third kappa shape index (κ3) is 3.84. The molecular weight excluding hydrogens is 396 g/mol. The summed E-state index contributed by atoms with van der Waals surface area (Å²) in [6.07, 6.45) is 7.84. The minimum absolute atomic E-state index is 0.359. The molecule has 0 spiro atoms. The smallest absolute Gasteiger partial charge is 0.141 e. The number of nitrogens with zero attached hydrogens (tertiary/aromatic N) is 3. The predicted molar refractivity (Wildman–Crippen MR) is 129 cm³/mol. The van der Waals surface area contributed by atoms with Gasteiger partial charge in [-0.15, -0.1) is 0 Å². The molecule has 0 unspecified atom stereocenters. The van der Waals surface area contributed by atoms with Gasteiger partial charge in [-0.2, -0.15) is 5.26 Å². The molecule has 0 aliphatic heterocycles. The molecule has 0 bridgehead atoms. The van der Waals surface area contributed by atoms with E-state index in [0.29, 0.717) is 17.3 Å². The number of allylic oxidation sites excluding steroid dienone is 1. The molecule has 156 valence electrons. The van der Waals surface area contributed by atoms with E-state index in [4.69, 9.17) is 5.26 Å². The summed E-state index contributed by atoms with van der Waals surface area (Å²) in [6.45, 7) is 8.27. The lowest BCUT2D eigenvalue weighted by molar-refractivity contribution is 1.01. The summed E-state index contributed by atoms with van der Waals surface area (Å²) >= 11 is 0. The van der Waals surface area contributed by atoms with Crippen molar-refractivity contribution in [2.45, 2.75) is 12.8 Å². The standard InChI is InChI=1S/C26H22N6/c1-16(18-6-7-18)32-25-13-20(9-11-29-25)23-15-30-26-22(23)4-3-5-24(26)31-17(2)19-8-10-28-21(12-19)14-27/h3-5,8-13,15,18,30-31H,1-2,6-7H2,(H,29,32). The molecule has 0 atom stereocenters. The lowest BCUT2D eigenvalue weighted by Gasteiger charge is -2.11. The minimum atomic E-state index is 0.359. The Bertz CT molecular complexity index is 1390. The van der Waals surface area contributed by atoms with E-state index in [-0.39, 0.29) is 0 Å². The number of pyridine rings is 2. The fourth-order valence-electron chi connectivity index (χ4n) is 3.78. The number of H-pyrrole nitrogens is 1. The van der Waals surface area contributed by atoms with E-state index >= 15 is 0 Å². The zero-order valence-electron chi connectivity index (χ0n) is 17.5. The zero-order valence-corrected chi connectivity index (χ0v) is 17.5. The van der Waals surface area contributed by atoms with Gasteiger partial charge in [-0.25, -0.2) is 9.97 Å². The highest BCUT2D eigenvalue weighted by Gasteiger charge is 2.24. The number of anilines is 2. The van der Waals surface area contributed by atoms with Crippen molar-refractivity contribution in [1.82, 2.24) is 15.0 Å². The highest BCUT2D eigenvalue weighted by Crippen LogP contribution is 2.37. The Morgan fingerprint density at radius 1 is 1.06 bits per heavy atom. The van der Waals surface area contributed by atoms with Crippen molar-refractivity contribution < 1.29 is 0 Å². The molecule has 0 saturated heterocycles. The van der Waals surface area contributed by atoms with Crippen LogP contribution in [0.25, 0.3) is 27.7 Å². The third-order valence-corrected chi connectivity index (χ3v) is 5.65. The van der Waals surface area contributed by atoms with Crippen molar-refractivity contribution in [1.29, 1.82) is 5.26 Å². The van der Waals surface area contributed by atoms with Crippen molar-refractivity contribution in [2.24, 2.45) is 5.92 Å². The molecule has 0 radical (unpaired) electrons. The highest BCUT2D eigenvalue weighted by molar-refractivity contribution is 6.03. The highest BCUT2D eigenvalue weighted by atomic mass is 15.0. The molecule has 3 aromatic heterocycles. The van der Waals surface area contributed by atoms with E-state index in [0.717, 1.165) is 44.8 Å². The molecule has 1 fully saturated rings. The molecule has 4 aromatic rings. The number of fused-ring (bicyclic) bond motifs is 1. The van der Waals surface area contributed by atoms with Gasteiger partial charge >= 0.3 is 0 Å². The number of hydrogen-bond donors (Lipinski definition) is 3. The van der Waals surface area contributed by atoms with E-state index in [1.807, 2.05) is 36.7 Å². The fourth-order valence-corrected chi connectivity index (χ4v) is 3.78. The van der Waals surface area contributed by atoms with Crippen molar-refractivity contribution in [3.05, 3.63) is 91.2 Å². The number of aromatic amines is 1. The van der Waals surface area contributed by atoms with Crippen LogP contribution in [0.1, 0.15) is 24.1 Å². The van der Waals surface area contributed by atoms with Crippen LogP contribution in [0.3, 0.4) is 0 Å². The molecule has 1 aliphatic rings. The second-order valence-electron chi connectivity index (χ2n) is 7.93. The second-order valence-corrected chi connectivity index (χ2v) is 7.93. The maximum absolute atomic E-state index is 9.10. The van der Waals surface area contributed by atoms with Gasteiger partial charge < -0.3 is 15.6 Å². The number of benzene rings is 1. The van der Waals surface area contributed by atoms with Crippen molar-refractivity contribution in [2.75, 3.05) is 10.6 Å². The number of rotatable bonds is 7. The maximum atomic E-state index is 9.10.